The number of nitro benzene ring substituents is 1. The third-order valence-corrected chi connectivity index (χ3v) is 5.57. The highest BCUT2D eigenvalue weighted by Crippen LogP contribution is 2.20. The molecule has 0 spiro atoms. The second kappa shape index (κ2) is 9.07. The van der Waals surface area contributed by atoms with Gasteiger partial charge in [0.05, 0.1) is 23.4 Å². The summed E-state index contributed by atoms with van der Waals surface area (Å²) in [6.07, 6.45) is 0. The van der Waals surface area contributed by atoms with Crippen molar-refractivity contribution in [3.8, 4) is 11.4 Å². The molecule has 2 aromatic carbocycles. The first-order chi connectivity index (χ1) is 15.9. The van der Waals surface area contributed by atoms with Crippen LogP contribution in [0, 0.1) is 17.0 Å². The monoisotopic (exact) mass is 450 g/mol. The maximum Gasteiger partial charge on any atom is 0.276 e. The maximum atomic E-state index is 13.0. The molecule has 3 aromatic rings. The van der Waals surface area contributed by atoms with Gasteiger partial charge in [-0.3, -0.25) is 19.7 Å². The molecule has 1 aromatic heterocycles. The number of nitrogens with zero attached hydrogens (tertiary/aromatic N) is 6. The SMILES string of the molecule is COc1ccc(C(=O)N2CCN(C(=O)c3nnn(-c4cccc([N+](=O)[O-])c4)c3C)CC2)cc1. The number of methoxy groups -OCH3 is 1. The van der Waals surface area contributed by atoms with Crippen LogP contribution < -0.4 is 4.74 Å². The van der Waals surface area contributed by atoms with Crippen LogP contribution in [-0.2, 0) is 0 Å². The number of aromatic nitrogens is 3. The van der Waals surface area contributed by atoms with Gasteiger partial charge < -0.3 is 14.5 Å². The highest BCUT2D eigenvalue weighted by Gasteiger charge is 2.28. The molecule has 4 rings (SSSR count). The quantitative estimate of drug-likeness (QED) is 0.431. The Hall–Kier alpha value is -4.28. The Balaban J connectivity index is 1.43. The van der Waals surface area contributed by atoms with E-state index in [1.165, 1.54) is 16.8 Å². The lowest BCUT2D eigenvalue weighted by Crippen LogP contribution is -2.50. The Morgan fingerprint density at radius 2 is 1.64 bits per heavy atom. The minimum atomic E-state index is -0.492. The number of nitro groups is 1. The highest BCUT2D eigenvalue weighted by molar-refractivity contribution is 5.95. The first-order valence-electron chi connectivity index (χ1n) is 10.3. The van der Waals surface area contributed by atoms with Crippen LogP contribution in [0.4, 0.5) is 5.69 Å². The van der Waals surface area contributed by atoms with Gasteiger partial charge in [0.2, 0.25) is 0 Å². The van der Waals surface area contributed by atoms with Gasteiger partial charge in [-0.1, -0.05) is 11.3 Å². The molecule has 0 N–H and O–H groups in total. The molecule has 0 bridgehead atoms. The largest absolute Gasteiger partial charge is 0.497 e. The lowest BCUT2D eigenvalue weighted by Gasteiger charge is -2.34. The Kier molecular flexibility index (Phi) is 6.03. The molecule has 33 heavy (non-hydrogen) atoms. The van der Waals surface area contributed by atoms with E-state index in [2.05, 4.69) is 10.3 Å². The molecule has 0 unspecified atom stereocenters. The van der Waals surface area contributed by atoms with Crippen molar-refractivity contribution in [3.63, 3.8) is 0 Å². The number of benzene rings is 2. The Bertz CT molecular complexity index is 1200. The van der Waals surface area contributed by atoms with Gasteiger partial charge in [0.1, 0.15) is 5.75 Å². The molecule has 0 saturated carbocycles. The summed E-state index contributed by atoms with van der Waals surface area (Å²) in [6, 6.07) is 12.9. The molecule has 0 aliphatic carbocycles. The van der Waals surface area contributed by atoms with E-state index >= 15 is 0 Å². The molecular weight excluding hydrogens is 428 g/mol. The molecular formula is C22H22N6O5. The van der Waals surface area contributed by atoms with Crippen molar-refractivity contribution in [1.29, 1.82) is 0 Å². The minimum Gasteiger partial charge on any atom is -0.497 e. The highest BCUT2D eigenvalue weighted by atomic mass is 16.6. The van der Waals surface area contributed by atoms with Gasteiger partial charge in [-0.2, -0.15) is 0 Å². The summed E-state index contributed by atoms with van der Waals surface area (Å²) >= 11 is 0. The van der Waals surface area contributed by atoms with E-state index in [0.29, 0.717) is 48.9 Å². The number of carbonyl (C=O) groups is 2. The topological polar surface area (TPSA) is 124 Å². The molecule has 0 atom stereocenters. The van der Waals surface area contributed by atoms with Crippen molar-refractivity contribution in [2.24, 2.45) is 0 Å². The number of hydrogen-bond acceptors (Lipinski definition) is 7. The zero-order valence-electron chi connectivity index (χ0n) is 18.2. The van der Waals surface area contributed by atoms with Crippen LogP contribution in [0.1, 0.15) is 26.5 Å². The van der Waals surface area contributed by atoms with Crippen LogP contribution in [0.2, 0.25) is 0 Å². The van der Waals surface area contributed by atoms with Crippen molar-refractivity contribution in [3.05, 3.63) is 75.6 Å². The van der Waals surface area contributed by atoms with Gasteiger partial charge in [-0.05, 0) is 37.3 Å². The summed E-state index contributed by atoms with van der Waals surface area (Å²) in [5.41, 5.74) is 1.59. The third kappa shape index (κ3) is 4.38. The van der Waals surface area contributed by atoms with Gasteiger partial charge in [0.25, 0.3) is 17.5 Å². The molecule has 170 valence electrons. The van der Waals surface area contributed by atoms with Gasteiger partial charge in [-0.15, -0.1) is 5.10 Å². The zero-order valence-corrected chi connectivity index (χ0v) is 18.2. The third-order valence-electron chi connectivity index (χ3n) is 5.57. The van der Waals surface area contributed by atoms with E-state index in [-0.39, 0.29) is 23.2 Å². The molecule has 11 nitrogen and oxygen atoms in total. The van der Waals surface area contributed by atoms with Crippen LogP contribution in [-0.4, -0.2) is 74.8 Å². The number of carbonyl (C=O) groups excluding carboxylic acids is 2. The molecule has 2 amide bonds. The average Bonchev–Trinajstić information content (AvgIpc) is 3.24. The van der Waals surface area contributed by atoms with E-state index in [1.807, 2.05) is 0 Å². The first kappa shape index (κ1) is 21.9. The number of ether oxygens (including phenoxy) is 1. The average molecular weight is 450 g/mol. The number of rotatable bonds is 5. The van der Waals surface area contributed by atoms with Crippen LogP contribution in [0.15, 0.2) is 48.5 Å². The predicted molar refractivity (Wildman–Crippen MR) is 118 cm³/mol. The smallest absolute Gasteiger partial charge is 0.276 e. The van der Waals surface area contributed by atoms with Gasteiger partial charge >= 0.3 is 0 Å². The van der Waals surface area contributed by atoms with Crippen molar-refractivity contribution in [2.75, 3.05) is 33.3 Å². The van der Waals surface area contributed by atoms with Crippen molar-refractivity contribution < 1.29 is 19.2 Å². The summed E-state index contributed by atoms with van der Waals surface area (Å²) in [5, 5.41) is 19.1. The Labute approximate surface area is 189 Å². The van der Waals surface area contributed by atoms with Crippen molar-refractivity contribution >= 4 is 17.5 Å². The summed E-state index contributed by atoms with van der Waals surface area (Å²) in [5.74, 6) is 0.286. The van der Waals surface area contributed by atoms with Gasteiger partial charge in [-0.25, -0.2) is 4.68 Å². The zero-order chi connectivity index (χ0) is 23.5. The number of amides is 2. The summed E-state index contributed by atoms with van der Waals surface area (Å²) in [4.78, 5) is 39.7. The Morgan fingerprint density at radius 3 is 2.24 bits per heavy atom. The first-order valence-corrected chi connectivity index (χ1v) is 10.3. The molecule has 1 aliphatic rings. The van der Waals surface area contributed by atoms with Gasteiger partial charge in [0.15, 0.2) is 5.69 Å². The van der Waals surface area contributed by atoms with Gasteiger partial charge in [0, 0.05) is 43.9 Å². The number of hydrogen-bond donors (Lipinski definition) is 0. The minimum absolute atomic E-state index is 0.0760. The van der Waals surface area contributed by atoms with E-state index in [9.17, 15) is 19.7 Å². The fourth-order valence-electron chi connectivity index (χ4n) is 3.69. The van der Waals surface area contributed by atoms with Crippen LogP contribution in [0.5, 0.6) is 5.75 Å². The van der Waals surface area contributed by atoms with Crippen LogP contribution in [0.25, 0.3) is 5.69 Å². The van der Waals surface area contributed by atoms with Crippen LogP contribution in [0.3, 0.4) is 0 Å². The maximum absolute atomic E-state index is 13.0. The van der Waals surface area contributed by atoms with E-state index in [1.54, 1.807) is 60.2 Å². The fourth-order valence-corrected chi connectivity index (χ4v) is 3.69. The fraction of sp³-hybridized carbons (Fsp3) is 0.273. The molecule has 1 fully saturated rings. The lowest BCUT2D eigenvalue weighted by molar-refractivity contribution is -0.384. The number of piperazine rings is 1. The molecule has 1 aliphatic heterocycles. The predicted octanol–water partition coefficient (Wildman–Crippen LogP) is 2.09. The molecule has 11 heteroatoms. The second-order valence-corrected chi connectivity index (χ2v) is 7.53. The number of non-ortho nitro benzene ring substituents is 1. The summed E-state index contributed by atoms with van der Waals surface area (Å²) in [6.45, 7) is 3.21. The summed E-state index contributed by atoms with van der Waals surface area (Å²) in [7, 11) is 1.57. The lowest BCUT2D eigenvalue weighted by atomic mass is 10.1. The van der Waals surface area contributed by atoms with Crippen LogP contribution >= 0.6 is 0 Å². The standard InChI is InChI=1S/C22H22N6O5/c1-15-20(23-24-27(15)17-4-3-5-18(14-17)28(31)32)22(30)26-12-10-25(11-13-26)21(29)16-6-8-19(33-2)9-7-16/h3-9,14H,10-13H2,1-2H3. The molecule has 1 saturated heterocycles. The van der Waals surface area contributed by atoms with Crippen molar-refractivity contribution in [2.45, 2.75) is 6.92 Å². The second-order valence-electron chi connectivity index (χ2n) is 7.53. The normalized spacial score (nSPS) is 13.6. The molecule has 0 radical (unpaired) electrons. The van der Waals surface area contributed by atoms with Crippen molar-refractivity contribution in [1.82, 2.24) is 24.8 Å². The van der Waals surface area contributed by atoms with E-state index < -0.39 is 4.92 Å². The molecule has 2 heterocycles. The van der Waals surface area contributed by atoms with E-state index in [0.717, 1.165) is 0 Å². The summed E-state index contributed by atoms with van der Waals surface area (Å²) < 4.78 is 6.53. The Morgan fingerprint density at radius 1 is 1.00 bits per heavy atom. The van der Waals surface area contributed by atoms with E-state index in [4.69, 9.17) is 4.74 Å².